The van der Waals surface area contributed by atoms with Crippen LogP contribution in [0.15, 0.2) is 23.8 Å². The summed E-state index contributed by atoms with van der Waals surface area (Å²) in [6.45, 7) is 15.5. The van der Waals surface area contributed by atoms with E-state index >= 15 is 0 Å². The maximum atomic E-state index is 10.2. The first-order chi connectivity index (χ1) is 14.0. The summed E-state index contributed by atoms with van der Waals surface area (Å²) < 4.78 is 0. The normalized spacial score (nSPS) is 44.5. The molecule has 0 aromatic heterocycles. The molecule has 0 amide bonds. The Balaban J connectivity index is 1.48. The van der Waals surface area contributed by atoms with Crippen molar-refractivity contribution in [1.29, 1.82) is 0 Å². The molecule has 0 aromatic rings. The quantitative estimate of drug-likeness (QED) is 0.493. The molecule has 0 bridgehead atoms. The third kappa shape index (κ3) is 3.64. The Hall–Kier alpha value is -0.600. The number of aliphatic hydroxyl groups excluding tert-OH is 1. The van der Waals surface area contributed by atoms with E-state index in [1.54, 1.807) is 5.57 Å². The zero-order valence-electron chi connectivity index (χ0n) is 20.2. The highest BCUT2D eigenvalue weighted by molar-refractivity contribution is 5.25. The summed E-state index contributed by atoms with van der Waals surface area (Å²) in [4.78, 5) is 0. The van der Waals surface area contributed by atoms with Crippen LogP contribution in [0, 0.1) is 40.4 Å². The molecular formula is C28H46O2. The topological polar surface area (TPSA) is 40.5 Å². The van der Waals surface area contributed by atoms with E-state index < -0.39 is 5.60 Å². The van der Waals surface area contributed by atoms with E-state index in [0.717, 1.165) is 54.9 Å². The first kappa shape index (κ1) is 22.6. The number of allylic oxidation sites excluding steroid dienone is 1. The fraction of sp³-hybridized carbons (Fsp3) is 0.857. The van der Waals surface area contributed by atoms with Gasteiger partial charge in [-0.25, -0.2) is 0 Å². The largest absolute Gasteiger partial charge is 0.393 e. The van der Waals surface area contributed by atoms with Crippen molar-refractivity contribution in [1.82, 2.24) is 0 Å². The molecule has 4 aliphatic rings. The van der Waals surface area contributed by atoms with Crippen LogP contribution in [0.3, 0.4) is 0 Å². The Labute approximate surface area is 185 Å². The molecule has 2 heteroatoms. The third-order valence-electron chi connectivity index (χ3n) is 10.6. The fourth-order valence-corrected chi connectivity index (χ4v) is 8.53. The van der Waals surface area contributed by atoms with Gasteiger partial charge in [0.2, 0.25) is 0 Å². The van der Waals surface area contributed by atoms with E-state index in [-0.39, 0.29) is 6.10 Å². The summed E-state index contributed by atoms with van der Waals surface area (Å²) in [6.07, 6.45) is 14.4. The first-order valence-electron chi connectivity index (χ1n) is 12.7. The van der Waals surface area contributed by atoms with Crippen LogP contribution in [0.2, 0.25) is 0 Å². The molecule has 0 radical (unpaired) electrons. The summed E-state index contributed by atoms with van der Waals surface area (Å²) in [7, 11) is 0. The summed E-state index contributed by atoms with van der Waals surface area (Å²) in [5.41, 5.74) is 2.63. The van der Waals surface area contributed by atoms with Gasteiger partial charge in [-0.1, -0.05) is 39.0 Å². The smallest absolute Gasteiger partial charge is 0.0798 e. The Bertz CT molecular complexity index is 700. The van der Waals surface area contributed by atoms with Crippen LogP contribution in [-0.2, 0) is 0 Å². The van der Waals surface area contributed by atoms with Gasteiger partial charge in [0.15, 0.2) is 0 Å². The molecule has 170 valence electrons. The van der Waals surface area contributed by atoms with Crippen LogP contribution in [0.4, 0.5) is 0 Å². The van der Waals surface area contributed by atoms with Crippen molar-refractivity contribution in [2.75, 3.05) is 0 Å². The molecule has 4 aliphatic carbocycles. The predicted octanol–water partition coefficient (Wildman–Crippen LogP) is 6.67. The van der Waals surface area contributed by atoms with Crippen LogP contribution in [0.1, 0.15) is 98.8 Å². The molecule has 0 saturated heterocycles. The predicted molar refractivity (Wildman–Crippen MR) is 125 cm³/mol. The fourth-order valence-electron chi connectivity index (χ4n) is 8.53. The summed E-state index contributed by atoms with van der Waals surface area (Å²) >= 11 is 0. The zero-order chi connectivity index (χ0) is 21.9. The Morgan fingerprint density at radius 1 is 1.17 bits per heavy atom. The minimum Gasteiger partial charge on any atom is -0.393 e. The monoisotopic (exact) mass is 414 g/mol. The van der Waals surface area contributed by atoms with Gasteiger partial charge in [-0.15, -0.1) is 0 Å². The lowest BCUT2D eigenvalue weighted by atomic mass is 9.47. The average molecular weight is 415 g/mol. The second-order valence-electron chi connectivity index (χ2n) is 12.6. The van der Waals surface area contributed by atoms with Crippen LogP contribution < -0.4 is 0 Å². The van der Waals surface area contributed by atoms with E-state index in [9.17, 15) is 10.2 Å². The molecule has 30 heavy (non-hydrogen) atoms. The van der Waals surface area contributed by atoms with E-state index in [4.69, 9.17) is 0 Å². The Morgan fingerprint density at radius 2 is 1.90 bits per heavy atom. The lowest BCUT2D eigenvalue weighted by Gasteiger charge is -2.58. The third-order valence-corrected chi connectivity index (χ3v) is 10.6. The second kappa shape index (κ2) is 7.77. The highest BCUT2D eigenvalue weighted by Gasteiger charge is 2.59. The van der Waals surface area contributed by atoms with Gasteiger partial charge in [-0.05, 0) is 124 Å². The van der Waals surface area contributed by atoms with Crippen LogP contribution >= 0.6 is 0 Å². The van der Waals surface area contributed by atoms with E-state index in [0.29, 0.717) is 16.7 Å². The molecule has 0 aromatic carbocycles. The van der Waals surface area contributed by atoms with E-state index in [2.05, 4.69) is 33.4 Å². The van der Waals surface area contributed by atoms with Crippen molar-refractivity contribution in [2.24, 2.45) is 40.4 Å². The molecule has 3 saturated carbocycles. The Kier molecular flexibility index (Phi) is 5.85. The molecule has 0 aliphatic heterocycles. The number of hydrogen-bond donors (Lipinski definition) is 2. The molecule has 2 N–H and O–H groups in total. The number of rotatable bonds is 5. The Morgan fingerprint density at radius 3 is 2.60 bits per heavy atom. The van der Waals surface area contributed by atoms with E-state index in [1.165, 1.54) is 38.5 Å². The number of hydrogen-bond acceptors (Lipinski definition) is 2. The van der Waals surface area contributed by atoms with Gasteiger partial charge in [0.05, 0.1) is 11.7 Å². The molecular weight excluding hydrogens is 368 g/mol. The average Bonchev–Trinajstić information content (AvgIpc) is 3.03. The second-order valence-corrected chi connectivity index (χ2v) is 12.6. The lowest BCUT2D eigenvalue weighted by molar-refractivity contribution is -0.0572. The van der Waals surface area contributed by atoms with Gasteiger partial charge >= 0.3 is 0 Å². The maximum absolute atomic E-state index is 10.2. The minimum atomic E-state index is -0.755. The van der Waals surface area contributed by atoms with E-state index in [1.807, 2.05) is 13.8 Å². The highest BCUT2D eigenvalue weighted by Crippen LogP contribution is 2.67. The molecule has 8 unspecified atom stereocenters. The SMILES string of the molecule is C=C(CCC(C)C1CCC2C3CC=C4CC(O)CCC4(C)C3CCC12C)C(C)(C)O. The molecule has 8 atom stereocenters. The number of aliphatic hydroxyl groups is 2. The van der Waals surface area contributed by atoms with Crippen molar-refractivity contribution in [2.45, 2.75) is 111 Å². The molecule has 0 spiro atoms. The standard InChI is InChI=1S/C28H46O2/c1-18(7-8-19(2)26(3,4)30)23-11-12-24-22-10-9-20-17-21(29)13-15-27(20,5)25(22)14-16-28(23,24)6/h9,18,21-25,29-30H,2,7-8,10-17H2,1,3-6H3. The summed E-state index contributed by atoms with van der Waals surface area (Å²) in [5.74, 6) is 4.04. The van der Waals surface area contributed by atoms with Crippen LogP contribution in [0.25, 0.3) is 0 Å². The van der Waals surface area contributed by atoms with Crippen molar-refractivity contribution in [3.8, 4) is 0 Å². The highest BCUT2D eigenvalue weighted by atomic mass is 16.3. The van der Waals surface area contributed by atoms with Crippen molar-refractivity contribution in [3.63, 3.8) is 0 Å². The maximum Gasteiger partial charge on any atom is 0.0798 e. The molecule has 3 fully saturated rings. The van der Waals surface area contributed by atoms with Gasteiger partial charge in [0, 0.05) is 0 Å². The molecule has 4 rings (SSSR count). The lowest BCUT2D eigenvalue weighted by Crippen LogP contribution is -2.50. The van der Waals surface area contributed by atoms with Gasteiger partial charge < -0.3 is 10.2 Å². The van der Waals surface area contributed by atoms with Crippen molar-refractivity contribution < 1.29 is 10.2 Å². The summed E-state index contributed by atoms with van der Waals surface area (Å²) in [5, 5.41) is 20.5. The van der Waals surface area contributed by atoms with Gasteiger partial charge in [0.25, 0.3) is 0 Å². The van der Waals surface area contributed by atoms with Crippen molar-refractivity contribution in [3.05, 3.63) is 23.8 Å². The van der Waals surface area contributed by atoms with Crippen LogP contribution in [-0.4, -0.2) is 21.9 Å². The molecule has 2 nitrogen and oxygen atoms in total. The van der Waals surface area contributed by atoms with Gasteiger partial charge in [-0.2, -0.15) is 0 Å². The van der Waals surface area contributed by atoms with Crippen LogP contribution in [0.5, 0.6) is 0 Å². The summed E-state index contributed by atoms with van der Waals surface area (Å²) in [6, 6.07) is 0. The molecule has 0 heterocycles. The number of fused-ring (bicyclic) bond motifs is 5. The van der Waals surface area contributed by atoms with Gasteiger partial charge in [0.1, 0.15) is 0 Å². The van der Waals surface area contributed by atoms with Crippen molar-refractivity contribution >= 4 is 0 Å². The van der Waals surface area contributed by atoms with Gasteiger partial charge in [-0.3, -0.25) is 0 Å². The zero-order valence-corrected chi connectivity index (χ0v) is 20.2. The minimum absolute atomic E-state index is 0.106. The first-order valence-corrected chi connectivity index (χ1v) is 12.7.